The van der Waals surface area contributed by atoms with E-state index in [2.05, 4.69) is 0 Å². The van der Waals surface area contributed by atoms with E-state index in [1.807, 2.05) is 47.2 Å². The van der Waals surface area contributed by atoms with Crippen LogP contribution in [0.1, 0.15) is 9.75 Å². The van der Waals surface area contributed by atoms with Gasteiger partial charge in [0.15, 0.2) is 0 Å². The molecule has 0 atom stereocenters. The molecule has 3 rings (SSSR count). The summed E-state index contributed by atoms with van der Waals surface area (Å²) in [6, 6.07) is 8.11. The van der Waals surface area contributed by atoms with Crippen molar-refractivity contribution in [2.75, 3.05) is 6.79 Å². The Morgan fingerprint density at radius 2 is 1.35 bits per heavy atom. The maximum atomic E-state index is 5.58. The third-order valence-electron chi connectivity index (χ3n) is 2.34. The lowest BCUT2D eigenvalue weighted by atomic mass is 10.3. The molecule has 0 aromatic carbocycles. The van der Waals surface area contributed by atoms with Crippen LogP contribution in [0.3, 0.4) is 0 Å². The number of hydrogen-bond acceptors (Lipinski definition) is 4. The van der Waals surface area contributed by atoms with Crippen LogP contribution in [-0.4, -0.2) is 6.79 Å². The van der Waals surface area contributed by atoms with E-state index in [1.54, 1.807) is 22.7 Å². The van der Waals surface area contributed by atoms with Crippen molar-refractivity contribution in [2.45, 2.75) is 0 Å². The molecule has 2 nitrogen and oxygen atoms in total. The van der Waals surface area contributed by atoms with Crippen molar-refractivity contribution in [3.8, 4) is 0 Å². The first-order valence-electron chi connectivity index (χ1n) is 5.19. The summed E-state index contributed by atoms with van der Waals surface area (Å²) < 4.78 is 11.2. The predicted molar refractivity (Wildman–Crippen MR) is 71.6 cm³/mol. The summed E-state index contributed by atoms with van der Waals surface area (Å²) in [5.41, 5.74) is 0. The van der Waals surface area contributed by atoms with Crippen LogP contribution in [0.15, 0.2) is 47.2 Å². The third-order valence-corrected chi connectivity index (χ3v) is 4.11. The van der Waals surface area contributed by atoms with Crippen LogP contribution in [0.4, 0.5) is 0 Å². The third kappa shape index (κ3) is 2.28. The van der Waals surface area contributed by atoms with Gasteiger partial charge in [0.25, 0.3) is 0 Å². The zero-order chi connectivity index (χ0) is 11.5. The van der Waals surface area contributed by atoms with Gasteiger partial charge in [0.2, 0.25) is 6.79 Å². The van der Waals surface area contributed by atoms with Gasteiger partial charge < -0.3 is 9.47 Å². The molecule has 2 aromatic heterocycles. The molecule has 0 amide bonds. The van der Waals surface area contributed by atoms with Crippen LogP contribution < -0.4 is 0 Å². The Bertz CT molecular complexity index is 486. The van der Waals surface area contributed by atoms with Gasteiger partial charge in [-0.05, 0) is 35.0 Å². The first kappa shape index (κ1) is 10.6. The molecule has 86 valence electrons. The van der Waals surface area contributed by atoms with Gasteiger partial charge in [-0.25, -0.2) is 0 Å². The topological polar surface area (TPSA) is 18.5 Å². The molecule has 0 bridgehead atoms. The van der Waals surface area contributed by atoms with Crippen LogP contribution in [0.25, 0.3) is 11.5 Å². The Morgan fingerprint density at radius 1 is 0.824 bits per heavy atom. The summed E-state index contributed by atoms with van der Waals surface area (Å²) in [6.45, 7) is 0.257. The van der Waals surface area contributed by atoms with E-state index in [1.165, 1.54) is 0 Å². The molecule has 3 heterocycles. The minimum absolute atomic E-state index is 0.257. The number of rotatable bonds is 2. The van der Waals surface area contributed by atoms with E-state index in [0.717, 1.165) is 21.3 Å². The van der Waals surface area contributed by atoms with Gasteiger partial charge in [0, 0.05) is 0 Å². The molecular weight excluding hydrogens is 252 g/mol. The molecule has 1 aliphatic rings. The van der Waals surface area contributed by atoms with Gasteiger partial charge in [0.1, 0.15) is 11.5 Å². The first-order chi connectivity index (χ1) is 8.43. The van der Waals surface area contributed by atoms with Crippen molar-refractivity contribution in [3.63, 3.8) is 0 Å². The average molecular weight is 262 g/mol. The minimum atomic E-state index is 0.257. The van der Waals surface area contributed by atoms with Crippen molar-refractivity contribution in [2.24, 2.45) is 0 Å². The van der Waals surface area contributed by atoms with E-state index in [9.17, 15) is 0 Å². The number of thiophene rings is 2. The summed E-state index contributed by atoms with van der Waals surface area (Å²) in [5.74, 6) is 1.73. The second kappa shape index (κ2) is 4.77. The summed E-state index contributed by atoms with van der Waals surface area (Å²) in [7, 11) is 0. The summed E-state index contributed by atoms with van der Waals surface area (Å²) in [6.07, 6.45) is 3.93. The molecule has 0 radical (unpaired) electrons. The molecule has 1 aliphatic heterocycles. The van der Waals surface area contributed by atoms with E-state index in [0.29, 0.717) is 0 Å². The van der Waals surface area contributed by atoms with Gasteiger partial charge in [0.05, 0.1) is 9.75 Å². The fourth-order valence-corrected chi connectivity index (χ4v) is 2.96. The molecule has 0 saturated carbocycles. The largest absolute Gasteiger partial charge is 0.456 e. The monoisotopic (exact) mass is 262 g/mol. The normalized spacial score (nSPS) is 15.3. The molecule has 0 saturated heterocycles. The smallest absolute Gasteiger partial charge is 0.231 e. The van der Waals surface area contributed by atoms with E-state index < -0.39 is 0 Å². The lowest BCUT2D eigenvalue weighted by molar-refractivity contribution is 0.0757. The van der Waals surface area contributed by atoms with E-state index in [4.69, 9.17) is 9.47 Å². The Hall–Kier alpha value is -1.52. The van der Waals surface area contributed by atoms with Gasteiger partial charge in [-0.3, -0.25) is 0 Å². The summed E-state index contributed by atoms with van der Waals surface area (Å²) in [4.78, 5) is 2.24. The maximum absolute atomic E-state index is 5.58. The lowest BCUT2D eigenvalue weighted by Crippen LogP contribution is -1.95. The Kier molecular flexibility index (Phi) is 2.98. The minimum Gasteiger partial charge on any atom is -0.456 e. The average Bonchev–Trinajstić information content (AvgIpc) is 2.99. The molecule has 0 unspecified atom stereocenters. The van der Waals surface area contributed by atoms with Gasteiger partial charge in [-0.2, -0.15) is 0 Å². The Morgan fingerprint density at radius 3 is 1.76 bits per heavy atom. The Labute approximate surface area is 107 Å². The first-order valence-corrected chi connectivity index (χ1v) is 6.95. The standard InChI is InChI=1S/C13H10O2S2/c1-3-12(16-7-1)10-5-6-11(15-9-14-10)13-4-2-8-17-13/h1-8H,9H2. The van der Waals surface area contributed by atoms with Crippen LogP contribution >= 0.6 is 22.7 Å². The lowest BCUT2D eigenvalue weighted by Gasteiger charge is -2.07. The highest BCUT2D eigenvalue weighted by Gasteiger charge is 2.10. The van der Waals surface area contributed by atoms with Crippen molar-refractivity contribution < 1.29 is 9.47 Å². The van der Waals surface area contributed by atoms with Crippen LogP contribution in [0, 0.1) is 0 Å². The van der Waals surface area contributed by atoms with Gasteiger partial charge >= 0.3 is 0 Å². The summed E-state index contributed by atoms with van der Waals surface area (Å²) >= 11 is 3.32. The maximum Gasteiger partial charge on any atom is 0.231 e. The van der Waals surface area contributed by atoms with Crippen molar-refractivity contribution in [1.82, 2.24) is 0 Å². The van der Waals surface area contributed by atoms with Crippen LogP contribution in [-0.2, 0) is 9.47 Å². The zero-order valence-electron chi connectivity index (χ0n) is 8.96. The van der Waals surface area contributed by atoms with E-state index >= 15 is 0 Å². The molecule has 4 heteroatoms. The number of ether oxygens (including phenoxy) is 2. The summed E-state index contributed by atoms with van der Waals surface area (Å²) in [5, 5.41) is 4.07. The van der Waals surface area contributed by atoms with Crippen LogP contribution in [0.5, 0.6) is 0 Å². The highest BCUT2D eigenvalue weighted by molar-refractivity contribution is 7.11. The second-order valence-electron chi connectivity index (χ2n) is 3.42. The zero-order valence-corrected chi connectivity index (χ0v) is 10.6. The van der Waals surface area contributed by atoms with Crippen molar-refractivity contribution >= 4 is 34.2 Å². The van der Waals surface area contributed by atoms with Crippen LogP contribution in [0.2, 0.25) is 0 Å². The van der Waals surface area contributed by atoms with E-state index in [-0.39, 0.29) is 6.79 Å². The highest BCUT2D eigenvalue weighted by Crippen LogP contribution is 2.28. The molecule has 17 heavy (non-hydrogen) atoms. The quantitative estimate of drug-likeness (QED) is 0.807. The fourth-order valence-electron chi connectivity index (χ4n) is 1.55. The van der Waals surface area contributed by atoms with Crippen molar-refractivity contribution in [1.29, 1.82) is 0 Å². The molecule has 0 spiro atoms. The van der Waals surface area contributed by atoms with Crippen molar-refractivity contribution in [3.05, 3.63) is 56.9 Å². The Balaban J connectivity index is 1.90. The molecular formula is C13H10O2S2. The molecule has 0 N–H and O–H groups in total. The number of allylic oxidation sites excluding steroid dienone is 2. The SMILES string of the molecule is C1=C(c2cccs2)OCOC(c2cccs2)=C1. The number of hydrogen-bond donors (Lipinski definition) is 0. The van der Waals surface area contributed by atoms with Gasteiger partial charge in [-0.1, -0.05) is 12.1 Å². The predicted octanol–water partition coefficient (Wildman–Crippen LogP) is 4.20. The molecule has 2 aromatic rings. The van der Waals surface area contributed by atoms with Gasteiger partial charge in [-0.15, -0.1) is 22.7 Å². The molecule has 0 fully saturated rings. The fraction of sp³-hybridized carbons (Fsp3) is 0.0769. The molecule has 0 aliphatic carbocycles. The highest BCUT2D eigenvalue weighted by atomic mass is 32.1. The second-order valence-corrected chi connectivity index (χ2v) is 5.32.